The van der Waals surface area contributed by atoms with E-state index in [4.69, 9.17) is 4.42 Å². The molecule has 2 N–H and O–H groups in total. The zero-order valence-electron chi connectivity index (χ0n) is 14.8. The molecule has 0 spiro atoms. The smallest absolute Gasteiger partial charge is 0.229 e. The molecule has 4 rings (SSSR count). The first-order chi connectivity index (χ1) is 13.1. The van der Waals surface area contributed by atoms with Crippen molar-refractivity contribution in [1.29, 1.82) is 0 Å². The van der Waals surface area contributed by atoms with Gasteiger partial charge in [-0.25, -0.2) is 0 Å². The van der Waals surface area contributed by atoms with Gasteiger partial charge in [-0.15, -0.1) is 0 Å². The van der Waals surface area contributed by atoms with Crippen molar-refractivity contribution in [3.05, 3.63) is 48.4 Å². The van der Waals surface area contributed by atoms with Crippen LogP contribution in [0.1, 0.15) is 25.0 Å². The summed E-state index contributed by atoms with van der Waals surface area (Å²) < 4.78 is 5.27. The molecule has 1 aromatic heterocycles. The van der Waals surface area contributed by atoms with Crippen LogP contribution in [0.5, 0.6) is 0 Å². The Morgan fingerprint density at radius 3 is 2.37 bits per heavy atom. The first-order valence-corrected chi connectivity index (χ1v) is 9.10. The standard InChI is InChI=1S/C20H21N3O4/c24-18-9-14(11-23(18)12-17-5-2-8-27-17)20(26)22-16-4-1-3-15(10-16)21-19(25)13-6-7-13/h1-5,8,10,13-14H,6-7,9,11-12H2,(H,21,25)(H,22,26). The van der Waals surface area contributed by atoms with Gasteiger partial charge in [-0.1, -0.05) is 6.07 Å². The highest BCUT2D eigenvalue weighted by molar-refractivity contribution is 5.98. The fraction of sp³-hybridized carbons (Fsp3) is 0.350. The Balaban J connectivity index is 1.34. The van der Waals surface area contributed by atoms with Gasteiger partial charge >= 0.3 is 0 Å². The monoisotopic (exact) mass is 367 g/mol. The summed E-state index contributed by atoms with van der Waals surface area (Å²) in [7, 11) is 0. The fourth-order valence-electron chi connectivity index (χ4n) is 3.20. The molecule has 1 aliphatic heterocycles. The predicted molar refractivity (Wildman–Crippen MR) is 98.7 cm³/mol. The molecule has 1 saturated heterocycles. The summed E-state index contributed by atoms with van der Waals surface area (Å²) in [5, 5.41) is 5.71. The Morgan fingerprint density at radius 1 is 1.04 bits per heavy atom. The Morgan fingerprint density at radius 2 is 1.74 bits per heavy atom. The van der Waals surface area contributed by atoms with E-state index in [-0.39, 0.29) is 30.1 Å². The minimum Gasteiger partial charge on any atom is -0.467 e. The van der Waals surface area contributed by atoms with Gasteiger partial charge in [0.2, 0.25) is 17.7 Å². The van der Waals surface area contributed by atoms with Crippen molar-refractivity contribution in [1.82, 2.24) is 4.90 Å². The van der Waals surface area contributed by atoms with E-state index in [0.29, 0.717) is 30.2 Å². The number of hydrogen-bond donors (Lipinski definition) is 2. The Hall–Kier alpha value is -3.09. The number of rotatable bonds is 6. The van der Waals surface area contributed by atoms with Crippen LogP contribution < -0.4 is 10.6 Å². The molecule has 1 atom stereocenters. The van der Waals surface area contributed by atoms with Crippen LogP contribution in [0, 0.1) is 11.8 Å². The maximum Gasteiger partial charge on any atom is 0.229 e. The molecule has 3 amide bonds. The van der Waals surface area contributed by atoms with Crippen LogP contribution in [0.4, 0.5) is 11.4 Å². The fourth-order valence-corrected chi connectivity index (χ4v) is 3.20. The first-order valence-electron chi connectivity index (χ1n) is 9.10. The number of amides is 3. The van der Waals surface area contributed by atoms with Gasteiger partial charge in [-0.3, -0.25) is 14.4 Å². The predicted octanol–water partition coefficient (Wildman–Crippen LogP) is 2.62. The zero-order chi connectivity index (χ0) is 18.8. The Kier molecular flexibility index (Phi) is 4.66. The zero-order valence-corrected chi connectivity index (χ0v) is 14.8. The van der Waals surface area contributed by atoms with Crippen LogP contribution in [0.2, 0.25) is 0 Å². The third-order valence-corrected chi connectivity index (χ3v) is 4.86. The van der Waals surface area contributed by atoms with E-state index in [2.05, 4.69) is 10.6 Å². The molecule has 0 radical (unpaired) electrons. The second-order valence-electron chi connectivity index (χ2n) is 7.09. The number of hydrogen-bond acceptors (Lipinski definition) is 4. The lowest BCUT2D eigenvalue weighted by molar-refractivity contribution is -0.128. The molecule has 27 heavy (non-hydrogen) atoms. The van der Waals surface area contributed by atoms with Gasteiger partial charge in [0.05, 0.1) is 18.7 Å². The second-order valence-corrected chi connectivity index (χ2v) is 7.09. The van der Waals surface area contributed by atoms with E-state index in [1.807, 2.05) is 6.07 Å². The molecular weight excluding hydrogens is 346 g/mol. The summed E-state index contributed by atoms with van der Waals surface area (Å²) in [6.45, 7) is 0.738. The van der Waals surface area contributed by atoms with E-state index in [9.17, 15) is 14.4 Å². The van der Waals surface area contributed by atoms with E-state index >= 15 is 0 Å². The van der Waals surface area contributed by atoms with Crippen LogP contribution in [-0.2, 0) is 20.9 Å². The lowest BCUT2D eigenvalue weighted by atomic mass is 10.1. The number of nitrogens with zero attached hydrogens (tertiary/aromatic N) is 1. The summed E-state index contributed by atoms with van der Waals surface area (Å²) in [6, 6.07) is 10.6. The highest BCUT2D eigenvalue weighted by Gasteiger charge is 2.34. The second kappa shape index (κ2) is 7.26. The maximum atomic E-state index is 12.6. The lowest BCUT2D eigenvalue weighted by Crippen LogP contribution is -2.27. The Bertz CT molecular complexity index is 858. The van der Waals surface area contributed by atoms with Crippen molar-refractivity contribution < 1.29 is 18.8 Å². The molecule has 2 fully saturated rings. The number of benzene rings is 1. The average molecular weight is 367 g/mol. The number of anilines is 2. The number of carbonyl (C=O) groups is 3. The number of carbonyl (C=O) groups excluding carboxylic acids is 3. The van der Waals surface area contributed by atoms with Crippen molar-refractivity contribution in [3.63, 3.8) is 0 Å². The largest absolute Gasteiger partial charge is 0.467 e. The van der Waals surface area contributed by atoms with Crippen LogP contribution in [0.3, 0.4) is 0 Å². The topological polar surface area (TPSA) is 91.7 Å². The number of nitrogens with one attached hydrogen (secondary N) is 2. The van der Waals surface area contributed by atoms with Gasteiger partial charge in [-0.2, -0.15) is 0 Å². The van der Waals surface area contributed by atoms with Crippen molar-refractivity contribution in [3.8, 4) is 0 Å². The van der Waals surface area contributed by atoms with E-state index in [0.717, 1.165) is 12.8 Å². The minimum atomic E-state index is -0.405. The van der Waals surface area contributed by atoms with Gasteiger partial charge in [0, 0.05) is 30.3 Å². The molecule has 2 aliphatic rings. The highest BCUT2D eigenvalue weighted by Crippen LogP contribution is 2.30. The molecule has 140 valence electrons. The lowest BCUT2D eigenvalue weighted by Gasteiger charge is -2.15. The van der Waals surface area contributed by atoms with Gasteiger partial charge < -0.3 is 20.0 Å². The van der Waals surface area contributed by atoms with Gasteiger partial charge in [0.25, 0.3) is 0 Å². The molecule has 1 saturated carbocycles. The molecule has 1 aromatic carbocycles. The maximum absolute atomic E-state index is 12.6. The van der Waals surface area contributed by atoms with E-state index < -0.39 is 5.92 Å². The minimum absolute atomic E-state index is 0.0217. The van der Waals surface area contributed by atoms with Gasteiger partial charge in [0.15, 0.2) is 0 Å². The van der Waals surface area contributed by atoms with E-state index in [1.165, 1.54) is 0 Å². The van der Waals surface area contributed by atoms with Crippen LogP contribution in [0.25, 0.3) is 0 Å². The van der Waals surface area contributed by atoms with Crippen LogP contribution >= 0.6 is 0 Å². The molecule has 2 heterocycles. The van der Waals surface area contributed by atoms with Gasteiger partial charge in [0.1, 0.15) is 5.76 Å². The Labute approximate surface area is 156 Å². The molecule has 7 nitrogen and oxygen atoms in total. The van der Waals surface area contributed by atoms with Crippen LogP contribution in [-0.4, -0.2) is 29.2 Å². The van der Waals surface area contributed by atoms with E-state index in [1.54, 1.807) is 41.5 Å². The first kappa shape index (κ1) is 17.3. The summed E-state index contributed by atoms with van der Waals surface area (Å²) >= 11 is 0. The van der Waals surface area contributed by atoms with Crippen molar-refractivity contribution in [2.24, 2.45) is 11.8 Å². The van der Waals surface area contributed by atoms with Gasteiger partial charge in [-0.05, 0) is 43.2 Å². The molecule has 0 bridgehead atoms. The third kappa shape index (κ3) is 4.19. The molecule has 1 aliphatic carbocycles. The van der Waals surface area contributed by atoms with Crippen LogP contribution in [0.15, 0.2) is 47.1 Å². The normalized spacial score (nSPS) is 19.2. The summed E-state index contributed by atoms with van der Waals surface area (Å²) in [4.78, 5) is 38.2. The average Bonchev–Trinajstić information content (AvgIpc) is 3.26. The highest BCUT2D eigenvalue weighted by atomic mass is 16.3. The number of furan rings is 1. The summed E-state index contributed by atoms with van der Waals surface area (Å²) in [5.74, 6) is 0.176. The number of likely N-dealkylation sites (tertiary alicyclic amines) is 1. The van der Waals surface area contributed by atoms with Crippen molar-refractivity contribution in [2.75, 3.05) is 17.2 Å². The van der Waals surface area contributed by atoms with Crippen molar-refractivity contribution >= 4 is 29.1 Å². The van der Waals surface area contributed by atoms with Crippen molar-refractivity contribution in [2.45, 2.75) is 25.8 Å². The summed E-state index contributed by atoms with van der Waals surface area (Å²) in [5.41, 5.74) is 1.26. The SMILES string of the molecule is O=C(Nc1cccc(NC(=O)C2CC(=O)N(Cc3ccco3)C2)c1)C1CC1. The quantitative estimate of drug-likeness (QED) is 0.821. The summed E-state index contributed by atoms with van der Waals surface area (Å²) in [6.07, 6.45) is 3.62. The molecular formula is C20H21N3O4. The molecule has 2 aromatic rings. The third-order valence-electron chi connectivity index (χ3n) is 4.86. The molecule has 1 unspecified atom stereocenters. The molecule has 7 heteroatoms.